The molecule has 0 heterocycles. The van der Waals surface area contributed by atoms with Crippen LogP contribution in [0.2, 0.25) is 0 Å². The molecule has 0 atom stereocenters. The van der Waals surface area contributed by atoms with Crippen LogP contribution >= 0.6 is 0 Å². The maximum Gasteiger partial charge on any atom is -0.00994 e. The predicted molar refractivity (Wildman–Crippen MR) is 95.0 cm³/mol. The van der Waals surface area contributed by atoms with E-state index >= 15 is 0 Å². The van der Waals surface area contributed by atoms with Gasteiger partial charge in [0, 0.05) is 0 Å². The lowest BCUT2D eigenvalue weighted by Crippen LogP contribution is -2.12. The van der Waals surface area contributed by atoms with Gasteiger partial charge in [-0.3, -0.25) is 0 Å². The lowest BCUT2D eigenvalue weighted by atomic mass is 9.76. The Morgan fingerprint density at radius 2 is 0.955 bits per heavy atom. The van der Waals surface area contributed by atoms with E-state index in [1.807, 2.05) is 0 Å². The summed E-state index contributed by atoms with van der Waals surface area (Å²) in [6.07, 6.45) is 7.75. The molecule has 0 fully saturated rings. The molecule has 3 aromatic rings. The van der Waals surface area contributed by atoms with E-state index in [9.17, 15) is 0 Å². The molecule has 5 rings (SSSR count). The molecule has 0 unspecified atom stereocenters. The molecule has 3 aromatic carbocycles. The summed E-state index contributed by atoms with van der Waals surface area (Å²) in [6, 6.07) is 9.46. The van der Waals surface area contributed by atoms with Gasteiger partial charge < -0.3 is 0 Å². The fourth-order valence-corrected chi connectivity index (χ4v) is 5.02. The molecule has 0 nitrogen and oxygen atoms in total. The van der Waals surface area contributed by atoms with Gasteiger partial charge in [0.25, 0.3) is 0 Å². The van der Waals surface area contributed by atoms with Crippen LogP contribution < -0.4 is 0 Å². The Kier molecular flexibility index (Phi) is 2.51. The molecule has 0 bridgehead atoms. The molecule has 0 aliphatic heterocycles. The maximum absolute atomic E-state index is 2.38. The third-order valence-electron chi connectivity index (χ3n) is 6.06. The summed E-state index contributed by atoms with van der Waals surface area (Å²) in [4.78, 5) is 0. The zero-order valence-electron chi connectivity index (χ0n) is 13.6. The van der Waals surface area contributed by atoms with Crippen molar-refractivity contribution in [3.05, 3.63) is 57.6 Å². The van der Waals surface area contributed by atoms with Gasteiger partial charge in [0.05, 0.1) is 0 Å². The van der Waals surface area contributed by atoms with Crippen LogP contribution in [-0.4, -0.2) is 0 Å². The van der Waals surface area contributed by atoms with Crippen molar-refractivity contribution in [2.75, 3.05) is 0 Å². The Morgan fingerprint density at radius 1 is 0.545 bits per heavy atom. The van der Waals surface area contributed by atoms with Crippen LogP contribution in [-0.2, 0) is 25.7 Å². The van der Waals surface area contributed by atoms with Crippen molar-refractivity contribution >= 4 is 21.5 Å². The quantitative estimate of drug-likeness (QED) is 0.473. The normalized spacial score (nSPS) is 16.5. The Balaban J connectivity index is 2.10. The molecule has 2 aliphatic carbocycles. The number of rotatable bonds is 0. The standard InChI is InChI=1S/C22H22/c1-13-9-11-19-20-12-10-14(2)16-6-4-8-18(22(16)20)17-7-3-5-15(13)21(17)19/h9-12H,3-8H2,1-2H3. The number of fused-ring (bicyclic) bond motifs is 2. The van der Waals surface area contributed by atoms with Crippen LogP contribution in [0.15, 0.2) is 24.3 Å². The molecule has 110 valence electrons. The first-order valence-electron chi connectivity index (χ1n) is 8.74. The molecule has 0 radical (unpaired) electrons. The molecular weight excluding hydrogens is 264 g/mol. The fourth-order valence-electron chi connectivity index (χ4n) is 5.02. The summed E-state index contributed by atoms with van der Waals surface area (Å²) >= 11 is 0. The summed E-state index contributed by atoms with van der Waals surface area (Å²) in [6.45, 7) is 4.58. The van der Waals surface area contributed by atoms with Crippen molar-refractivity contribution in [2.24, 2.45) is 0 Å². The van der Waals surface area contributed by atoms with Gasteiger partial charge in [-0.05, 0) is 107 Å². The molecule has 0 heteroatoms. The lowest BCUT2D eigenvalue weighted by Gasteiger charge is -2.28. The fraction of sp³-hybridized carbons (Fsp3) is 0.364. The van der Waals surface area contributed by atoms with E-state index in [1.54, 1.807) is 33.0 Å². The summed E-state index contributed by atoms with van der Waals surface area (Å²) in [7, 11) is 0. The van der Waals surface area contributed by atoms with Crippen molar-refractivity contribution in [1.82, 2.24) is 0 Å². The van der Waals surface area contributed by atoms with Crippen molar-refractivity contribution in [3.63, 3.8) is 0 Å². The first-order chi connectivity index (χ1) is 10.8. The van der Waals surface area contributed by atoms with Crippen LogP contribution in [0.25, 0.3) is 21.5 Å². The van der Waals surface area contributed by atoms with Gasteiger partial charge in [0.15, 0.2) is 0 Å². The molecule has 0 saturated carbocycles. The topological polar surface area (TPSA) is 0 Å². The van der Waals surface area contributed by atoms with E-state index in [1.165, 1.54) is 60.4 Å². The van der Waals surface area contributed by atoms with Gasteiger partial charge in [0.2, 0.25) is 0 Å². The first kappa shape index (κ1) is 12.7. The van der Waals surface area contributed by atoms with Crippen molar-refractivity contribution in [1.29, 1.82) is 0 Å². The summed E-state index contributed by atoms with van der Waals surface area (Å²) in [5.41, 5.74) is 9.62. The monoisotopic (exact) mass is 286 g/mol. The van der Waals surface area contributed by atoms with Gasteiger partial charge in [-0.15, -0.1) is 0 Å². The van der Waals surface area contributed by atoms with E-state index in [4.69, 9.17) is 0 Å². The van der Waals surface area contributed by atoms with E-state index < -0.39 is 0 Å². The van der Waals surface area contributed by atoms with Gasteiger partial charge in [-0.25, -0.2) is 0 Å². The molecule has 0 saturated heterocycles. The highest BCUT2D eigenvalue weighted by molar-refractivity contribution is 6.13. The highest BCUT2D eigenvalue weighted by Crippen LogP contribution is 2.43. The highest BCUT2D eigenvalue weighted by atomic mass is 14.3. The maximum atomic E-state index is 2.38. The Morgan fingerprint density at radius 3 is 1.41 bits per heavy atom. The van der Waals surface area contributed by atoms with Crippen LogP contribution in [0.5, 0.6) is 0 Å². The SMILES string of the molecule is Cc1ccc2c3c1CCCc3c1c3c(c(C)ccc32)CCC1. The second kappa shape index (κ2) is 4.35. The summed E-state index contributed by atoms with van der Waals surface area (Å²) in [5.74, 6) is 0. The average Bonchev–Trinajstić information content (AvgIpc) is 2.56. The predicted octanol–water partition coefficient (Wildman–Crippen LogP) is 5.59. The van der Waals surface area contributed by atoms with Crippen molar-refractivity contribution in [2.45, 2.75) is 52.4 Å². The molecule has 22 heavy (non-hydrogen) atoms. The van der Waals surface area contributed by atoms with Crippen LogP contribution in [0, 0.1) is 13.8 Å². The Hall–Kier alpha value is -1.82. The molecular formula is C22H22. The first-order valence-corrected chi connectivity index (χ1v) is 8.74. The number of aryl methyl sites for hydroxylation is 6. The minimum Gasteiger partial charge on any atom is -0.0584 e. The Bertz CT molecular complexity index is 865. The van der Waals surface area contributed by atoms with Gasteiger partial charge in [-0.2, -0.15) is 0 Å². The van der Waals surface area contributed by atoms with E-state index in [2.05, 4.69) is 38.1 Å². The van der Waals surface area contributed by atoms with Gasteiger partial charge >= 0.3 is 0 Å². The van der Waals surface area contributed by atoms with E-state index in [0.29, 0.717) is 0 Å². The third-order valence-corrected chi connectivity index (χ3v) is 6.06. The molecule has 0 amide bonds. The average molecular weight is 286 g/mol. The van der Waals surface area contributed by atoms with Crippen LogP contribution in [0.4, 0.5) is 0 Å². The number of benzene rings is 3. The smallest absolute Gasteiger partial charge is 0.00994 e. The van der Waals surface area contributed by atoms with Gasteiger partial charge in [0.1, 0.15) is 0 Å². The molecule has 0 aromatic heterocycles. The van der Waals surface area contributed by atoms with Gasteiger partial charge in [-0.1, -0.05) is 24.3 Å². The number of hydrogen-bond donors (Lipinski definition) is 0. The van der Waals surface area contributed by atoms with Crippen LogP contribution in [0.3, 0.4) is 0 Å². The van der Waals surface area contributed by atoms with Crippen molar-refractivity contribution < 1.29 is 0 Å². The molecule has 0 N–H and O–H groups in total. The lowest BCUT2D eigenvalue weighted by molar-refractivity contribution is 0.761. The third kappa shape index (κ3) is 1.48. The minimum atomic E-state index is 1.26. The number of hydrogen-bond acceptors (Lipinski definition) is 0. The minimum absolute atomic E-state index is 1.26. The Labute approximate surface area is 132 Å². The summed E-state index contributed by atoms with van der Waals surface area (Å²) < 4.78 is 0. The van der Waals surface area contributed by atoms with Crippen molar-refractivity contribution in [3.8, 4) is 0 Å². The zero-order chi connectivity index (χ0) is 14.8. The highest BCUT2D eigenvalue weighted by Gasteiger charge is 2.24. The zero-order valence-corrected chi connectivity index (χ0v) is 13.6. The van der Waals surface area contributed by atoms with Crippen LogP contribution in [0.1, 0.15) is 46.2 Å². The second-order valence-corrected chi connectivity index (χ2v) is 7.23. The van der Waals surface area contributed by atoms with E-state index in [-0.39, 0.29) is 0 Å². The largest absolute Gasteiger partial charge is 0.0584 e. The molecule has 2 aliphatic rings. The summed E-state index contributed by atoms with van der Waals surface area (Å²) in [5, 5.41) is 6.25. The molecule has 0 spiro atoms. The second-order valence-electron chi connectivity index (χ2n) is 7.23. The van der Waals surface area contributed by atoms with E-state index in [0.717, 1.165) is 0 Å².